The van der Waals surface area contributed by atoms with Crippen molar-refractivity contribution in [2.45, 2.75) is 54.9 Å². The second-order valence-electron chi connectivity index (χ2n) is 5.17. The SMILES string of the molecule is CC.CC1C=CC(C(C)C(C)C(C)C)=CC1. The first-order chi connectivity index (χ1) is 7.52. The first-order valence-electron chi connectivity index (χ1n) is 6.90. The monoisotopic (exact) mass is 222 g/mol. The minimum atomic E-state index is 0.707. The van der Waals surface area contributed by atoms with Gasteiger partial charge < -0.3 is 0 Å². The summed E-state index contributed by atoms with van der Waals surface area (Å²) < 4.78 is 0. The Morgan fingerprint density at radius 1 is 1.12 bits per heavy atom. The lowest BCUT2D eigenvalue weighted by molar-refractivity contribution is 0.333. The molecular weight excluding hydrogens is 192 g/mol. The zero-order chi connectivity index (χ0) is 12.7. The summed E-state index contributed by atoms with van der Waals surface area (Å²) in [7, 11) is 0. The van der Waals surface area contributed by atoms with Gasteiger partial charge in [0.25, 0.3) is 0 Å². The van der Waals surface area contributed by atoms with Crippen LogP contribution in [0.15, 0.2) is 23.8 Å². The first kappa shape index (κ1) is 15.5. The van der Waals surface area contributed by atoms with Crippen LogP contribution < -0.4 is 0 Å². The van der Waals surface area contributed by atoms with Crippen LogP contribution in [0.25, 0.3) is 0 Å². The van der Waals surface area contributed by atoms with Gasteiger partial charge in [0, 0.05) is 0 Å². The Bertz CT molecular complexity index is 232. The standard InChI is InChI=1S/C14H24.C2H6/c1-10(2)12(4)13(5)14-8-6-11(3)7-9-14;1-2/h6,8-13H,7H2,1-5H3;1-2H3. The van der Waals surface area contributed by atoms with Crippen LogP contribution in [0.5, 0.6) is 0 Å². The van der Waals surface area contributed by atoms with Gasteiger partial charge in [0.05, 0.1) is 0 Å². The van der Waals surface area contributed by atoms with Crippen molar-refractivity contribution in [3.63, 3.8) is 0 Å². The van der Waals surface area contributed by atoms with Crippen molar-refractivity contribution in [1.82, 2.24) is 0 Å². The molecule has 0 spiro atoms. The lowest BCUT2D eigenvalue weighted by atomic mass is 9.79. The smallest absolute Gasteiger partial charge is 0.0165 e. The maximum atomic E-state index is 2.42. The molecule has 0 fully saturated rings. The van der Waals surface area contributed by atoms with Gasteiger partial charge in [0.2, 0.25) is 0 Å². The Balaban J connectivity index is 0.00000106. The predicted octanol–water partition coefficient (Wildman–Crippen LogP) is 5.46. The summed E-state index contributed by atoms with van der Waals surface area (Å²) in [6.45, 7) is 15.6. The van der Waals surface area contributed by atoms with Crippen LogP contribution in [0.1, 0.15) is 54.9 Å². The van der Waals surface area contributed by atoms with E-state index in [1.165, 1.54) is 6.42 Å². The van der Waals surface area contributed by atoms with E-state index in [0.717, 1.165) is 17.8 Å². The Morgan fingerprint density at radius 3 is 2.06 bits per heavy atom. The van der Waals surface area contributed by atoms with Crippen molar-refractivity contribution in [3.05, 3.63) is 23.8 Å². The fraction of sp³-hybridized carbons (Fsp3) is 0.750. The highest BCUT2D eigenvalue weighted by Crippen LogP contribution is 2.30. The van der Waals surface area contributed by atoms with Crippen LogP contribution in [-0.2, 0) is 0 Å². The summed E-state index contributed by atoms with van der Waals surface area (Å²) in [6, 6.07) is 0. The lowest BCUT2D eigenvalue weighted by Gasteiger charge is -2.26. The largest absolute Gasteiger partial charge is 0.0811 e. The second-order valence-corrected chi connectivity index (χ2v) is 5.17. The summed E-state index contributed by atoms with van der Waals surface area (Å²) in [4.78, 5) is 0. The molecule has 1 rings (SSSR count). The highest BCUT2D eigenvalue weighted by atomic mass is 14.2. The van der Waals surface area contributed by atoms with Gasteiger partial charge in [-0.3, -0.25) is 0 Å². The molecule has 94 valence electrons. The fourth-order valence-corrected chi connectivity index (χ4v) is 1.96. The summed E-state index contributed by atoms with van der Waals surface area (Å²) >= 11 is 0. The molecule has 3 unspecified atom stereocenters. The molecule has 1 aliphatic rings. The predicted molar refractivity (Wildman–Crippen MR) is 75.5 cm³/mol. The van der Waals surface area contributed by atoms with Gasteiger partial charge >= 0.3 is 0 Å². The van der Waals surface area contributed by atoms with Crippen LogP contribution in [0, 0.1) is 23.7 Å². The van der Waals surface area contributed by atoms with Crippen molar-refractivity contribution in [3.8, 4) is 0 Å². The molecule has 0 aliphatic heterocycles. The third-order valence-electron chi connectivity index (χ3n) is 3.71. The van der Waals surface area contributed by atoms with Crippen LogP contribution in [0.3, 0.4) is 0 Å². The average molecular weight is 222 g/mol. The van der Waals surface area contributed by atoms with E-state index in [-0.39, 0.29) is 0 Å². The third-order valence-corrected chi connectivity index (χ3v) is 3.71. The van der Waals surface area contributed by atoms with E-state index >= 15 is 0 Å². The maximum Gasteiger partial charge on any atom is -0.0165 e. The van der Waals surface area contributed by atoms with E-state index in [1.54, 1.807) is 5.57 Å². The molecule has 0 aromatic carbocycles. The quantitative estimate of drug-likeness (QED) is 0.594. The molecule has 3 atom stereocenters. The molecule has 0 nitrogen and oxygen atoms in total. The Morgan fingerprint density at radius 2 is 1.69 bits per heavy atom. The minimum Gasteiger partial charge on any atom is -0.0811 e. The maximum absolute atomic E-state index is 2.42. The van der Waals surface area contributed by atoms with Crippen molar-refractivity contribution in [2.24, 2.45) is 23.7 Å². The number of hydrogen-bond donors (Lipinski definition) is 0. The van der Waals surface area contributed by atoms with Crippen molar-refractivity contribution in [2.75, 3.05) is 0 Å². The molecule has 0 aromatic rings. The van der Waals surface area contributed by atoms with Crippen LogP contribution in [0.2, 0.25) is 0 Å². The van der Waals surface area contributed by atoms with E-state index in [9.17, 15) is 0 Å². The summed E-state index contributed by atoms with van der Waals surface area (Å²) in [5.74, 6) is 3.00. The van der Waals surface area contributed by atoms with Gasteiger partial charge in [0.1, 0.15) is 0 Å². The van der Waals surface area contributed by atoms with Crippen molar-refractivity contribution in [1.29, 1.82) is 0 Å². The van der Waals surface area contributed by atoms with E-state index < -0.39 is 0 Å². The highest BCUT2D eigenvalue weighted by Gasteiger charge is 2.19. The molecule has 16 heavy (non-hydrogen) atoms. The van der Waals surface area contributed by atoms with Gasteiger partial charge in [-0.05, 0) is 35.7 Å². The summed E-state index contributed by atoms with van der Waals surface area (Å²) in [6.07, 6.45) is 8.33. The summed E-state index contributed by atoms with van der Waals surface area (Å²) in [5, 5.41) is 0. The molecule has 0 saturated carbocycles. The highest BCUT2D eigenvalue weighted by molar-refractivity contribution is 5.26. The van der Waals surface area contributed by atoms with Gasteiger partial charge in [-0.25, -0.2) is 0 Å². The van der Waals surface area contributed by atoms with Gasteiger partial charge in [-0.2, -0.15) is 0 Å². The minimum absolute atomic E-state index is 0.707. The molecule has 0 radical (unpaired) electrons. The zero-order valence-electron chi connectivity index (χ0n) is 12.2. The van der Waals surface area contributed by atoms with Crippen molar-refractivity contribution < 1.29 is 0 Å². The second kappa shape index (κ2) is 7.70. The molecule has 0 amide bonds. The molecular formula is C16H30. The third kappa shape index (κ3) is 4.55. The molecule has 0 N–H and O–H groups in total. The van der Waals surface area contributed by atoms with E-state index in [1.807, 2.05) is 13.8 Å². The van der Waals surface area contributed by atoms with Gasteiger partial charge in [-0.15, -0.1) is 0 Å². The molecule has 0 aromatic heterocycles. The van der Waals surface area contributed by atoms with Gasteiger partial charge in [-0.1, -0.05) is 66.7 Å². The number of rotatable bonds is 3. The topological polar surface area (TPSA) is 0 Å². The van der Waals surface area contributed by atoms with Crippen LogP contribution in [-0.4, -0.2) is 0 Å². The Labute approximate surface area is 103 Å². The van der Waals surface area contributed by atoms with E-state index in [4.69, 9.17) is 0 Å². The zero-order valence-corrected chi connectivity index (χ0v) is 12.2. The molecule has 0 saturated heterocycles. The Hall–Kier alpha value is -0.520. The normalized spacial score (nSPS) is 23.2. The van der Waals surface area contributed by atoms with Crippen LogP contribution in [0.4, 0.5) is 0 Å². The molecule has 1 aliphatic carbocycles. The fourth-order valence-electron chi connectivity index (χ4n) is 1.96. The van der Waals surface area contributed by atoms with Crippen molar-refractivity contribution >= 4 is 0 Å². The molecule has 0 bridgehead atoms. The number of hydrogen-bond acceptors (Lipinski definition) is 0. The summed E-state index contributed by atoms with van der Waals surface area (Å²) in [5.41, 5.74) is 1.55. The lowest BCUT2D eigenvalue weighted by Crippen LogP contribution is -2.16. The van der Waals surface area contributed by atoms with E-state index in [0.29, 0.717) is 5.92 Å². The molecule has 0 heteroatoms. The number of allylic oxidation sites excluding steroid dienone is 4. The van der Waals surface area contributed by atoms with Crippen LogP contribution >= 0.6 is 0 Å². The average Bonchev–Trinajstić information content (AvgIpc) is 2.30. The van der Waals surface area contributed by atoms with Gasteiger partial charge in [0.15, 0.2) is 0 Å². The van der Waals surface area contributed by atoms with E-state index in [2.05, 4.69) is 52.8 Å². The first-order valence-corrected chi connectivity index (χ1v) is 6.90. The molecule has 0 heterocycles. The Kier molecular flexibility index (Phi) is 7.45.